The Kier molecular flexibility index (Phi) is 4.35. The van der Waals surface area contributed by atoms with E-state index in [0.29, 0.717) is 5.02 Å². The largest absolute Gasteiger partial charge is 0.299 e. The minimum Gasteiger partial charge on any atom is -0.299 e. The van der Waals surface area contributed by atoms with Crippen molar-refractivity contribution in [1.29, 1.82) is 0 Å². The molecule has 3 heteroatoms. The highest BCUT2D eigenvalue weighted by Crippen LogP contribution is 2.29. The molecule has 0 fully saturated rings. The molecule has 0 saturated carbocycles. The fourth-order valence-corrected chi connectivity index (χ4v) is 2.08. The first kappa shape index (κ1) is 12.7. The number of hydrogen-bond donors (Lipinski definition) is 0. The summed E-state index contributed by atoms with van der Waals surface area (Å²) in [5, 5.41) is 0.714. The van der Waals surface area contributed by atoms with Gasteiger partial charge in [0.2, 0.25) is 0 Å². The Bertz CT molecular complexity index is 376. The topological polar surface area (TPSA) is 17.1 Å². The Morgan fingerprint density at radius 2 is 2.07 bits per heavy atom. The number of benzene rings is 1. The van der Waals surface area contributed by atoms with E-state index >= 15 is 0 Å². The highest BCUT2D eigenvalue weighted by Gasteiger charge is 2.21. The van der Waals surface area contributed by atoms with Crippen LogP contribution in [0.25, 0.3) is 0 Å². The van der Waals surface area contributed by atoms with E-state index < -0.39 is 0 Å². The Morgan fingerprint density at radius 3 is 2.60 bits per heavy atom. The third-order valence-corrected chi connectivity index (χ3v) is 4.23. The maximum Gasteiger partial charge on any atom is 0.144 e. The smallest absolute Gasteiger partial charge is 0.144 e. The Morgan fingerprint density at radius 1 is 1.47 bits per heavy atom. The maximum atomic E-state index is 11.3. The van der Waals surface area contributed by atoms with Crippen LogP contribution in [0.2, 0.25) is 5.02 Å². The summed E-state index contributed by atoms with van der Waals surface area (Å²) in [6.07, 6.45) is 0. The van der Waals surface area contributed by atoms with Crippen LogP contribution in [0.4, 0.5) is 0 Å². The van der Waals surface area contributed by atoms with Crippen LogP contribution in [0.3, 0.4) is 0 Å². The van der Waals surface area contributed by atoms with Crippen LogP contribution < -0.4 is 0 Å². The summed E-state index contributed by atoms with van der Waals surface area (Å²) in [5.41, 5.74) is 2.29. The molecule has 2 atom stereocenters. The molecule has 0 N–H and O–H groups in total. The molecule has 1 nitrogen and oxygen atoms in total. The number of ketones is 1. The van der Waals surface area contributed by atoms with E-state index in [9.17, 15) is 4.79 Å². The number of Topliss-reactive ketones (excluding diaryl/α,β-unsaturated/α-hetero) is 1. The molecule has 0 aromatic heterocycles. The fourth-order valence-electron chi connectivity index (χ4n) is 1.61. The van der Waals surface area contributed by atoms with Crippen molar-refractivity contribution in [3.63, 3.8) is 0 Å². The van der Waals surface area contributed by atoms with Gasteiger partial charge in [-0.1, -0.05) is 40.5 Å². The van der Waals surface area contributed by atoms with Gasteiger partial charge in [0.25, 0.3) is 0 Å². The quantitative estimate of drug-likeness (QED) is 0.766. The van der Waals surface area contributed by atoms with Crippen LogP contribution in [0.1, 0.15) is 30.9 Å². The monoisotopic (exact) mass is 288 g/mol. The minimum atomic E-state index is -0.144. The second-order valence-corrected chi connectivity index (χ2v) is 5.22. The Hall–Kier alpha value is -0.340. The van der Waals surface area contributed by atoms with Gasteiger partial charge in [0.05, 0.1) is 4.83 Å². The molecule has 1 aromatic rings. The number of halogens is 2. The van der Waals surface area contributed by atoms with Crippen LogP contribution in [0.5, 0.6) is 0 Å². The van der Waals surface area contributed by atoms with E-state index in [4.69, 9.17) is 11.6 Å². The van der Waals surface area contributed by atoms with E-state index in [1.807, 2.05) is 32.0 Å². The lowest BCUT2D eigenvalue weighted by Gasteiger charge is -2.18. The van der Waals surface area contributed by atoms with Gasteiger partial charge in [0.15, 0.2) is 0 Å². The normalized spacial score (nSPS) is 14.7. The van der Waals surface area contributed by atoms with Crippen LogP contribution >= 0.6 is 27.5 Å². The molecule has 0 saturated heterocycles. The number of alkyl halides is 1. The number of carbonyl (C=O) groups excluding carboxylic acids is 1. The van der Waals surface area contributed by atoms with Crippen LogP contribution in [0, 0.1) is 6.92 Å². The summed E-state index contributed by atoms with van der Waals surface area (Å²) in [7, 11) is 0. The van der Waals surface area contributed by atoms with Gasteiger partial charge in [0, 0.05) is 10.9 Å². The van der Waals surface area contributed by atoms with E-state index in [2.05, 4.69) is 15.9 Å². The first-order valence-electron chi connectivity index (χ1n) is 4.84. The van der Waals surface area contributed by atoms with Gasteiger partial charge < -0.3 is 0 Å². The molecule has 0 bridgehead atoms. The molecule has 1 rings (SSSR count). The molecule has 0 amide bonds. The van der Waals surface area contributed by atoms with Crippen molar-refractivity contribution >= 4 is 33.3 Å². The van der Waals surface area contributed by atoms with Crippen molar-refractivity contribution < 1.29 is 4.79 Å². The summed E-state index contributed by atoms with van der Waals surface area (Å²) in [5.74, 6) is 0.281. The lowest BCUT2D eigenvalue weighted by atomic mass is 9.92. The van der Waals surface area contributed by atoms with Gasteiger partial charge >= 0.3 is 0 Å². The summed E-state index contributed by atoms with van der Waals surface area (Å²) >= 11 is 9.36. The fraction of sp³-hybridized carbons (Fsp3) is 0.417. The summed E-state index contributed by atoms with van der Waals surface area (Å²) < 4.78 is 0. The van der Waals surface area contributed by atoms with Crippen LogP contribution in [-0.4, -0.2) is 10.6 Å². The predicted molar refractivity (Wildman–Crippen MR) is 68.0 cm³/mol. The van der Waals surface area contributed by atoms with Crippen LogP contribution in [0.15, 0.2) is 18.2 Å². The molecular formula is C12H14BrClO. The molecule has 0 aliphatic rings. The number of carbonyl (C=O) groups is 1. The first-order valence-corrected chi connectivity index (χ1v) is 6.13. The third-order valence-electron chi connectivity index (χ3n) is 2.56. The molecule has 0 heterocycles. The molecule has 0 aliphatic heterocycles. The zero-order valence-corrected chi connectivity index (χ0v) is 11.4. The van der Waals surface area contributed by atoms with E-state index in [-0.39, 0.29) is 16.5 Å². The zero-order valence-electron chi connectivity index (χ0n) is 9.05. The van der Waals surface area contributed by atoms with Crippen molar-refractivity contribution in [2.45, 2.75) is 31.5 Å². The summed E-state index contributed by atoms with van der Waals surface area (Å²) in [4.78, 5) is 11.1. The van der Waals surface area contributed by atoms with Gasteiger partial charge in [-0.2, -0.15) is 0 Å². The van der Waals surface area contributed by atoms with Gasteiger partial charge in [-0.3, -0.25) is 4.79 Å². The second kappa shape index (κ2) is 5.13. The summed E-state index contributed by atoms with van der Waals surface area (Å²) in [6.45, 7) is 5.65. The standard InChI is InChI=1S/C12H14BrClO/c1-7-4-5-10(14)6-11(7)8(2)12(13)9(3)15/h4-6,8,12H,1-3H3. The molecule has 0 aliphatic carbocycles. The number of aryl methyl sites for hydroxylation is 1. The molecular weight excluding hydrogens is 275 g/mol. The number of rotatable bonds is 3. The van der Waals surface area contributed by atoms with E-state index in [1.165, 1.54) is 0 Å². The highest BCUT2D eigenvalue weighted by atomic mass is 79.9. The maximum absolute atomic E-state index is 11.3. The van der Waals surface area contributed by atoms with Crippen molar-refractivity contribution in [3.05, 3.63) is 34.3 Å². The van der Waals surface area contributed by atoms with Crippen molar-refractivity contribution in [2.24, 2.45) is 0 Å². The molecule has 82 valence electrons. The number of hydrogen-bond acceptors (Lipinski definition) is 1. The lowest BCUT2D eigenvalue weighted by molar-refractivity contribution is -0.116. The molecule has 2 unspecified atom stereocenters. The lowest BCUT2D eigenvalue weighted by Crippen LogP contribution is -2.18. The van der Waals surface area contributed by atoms with Crippen LogP contribution in [-0.2, 0) is 4.79 Å². The van der Waals surface area contributed by atoms with Gasteiger partial charge in [-0.25, -0.2) is 0 Å². The predicted octanol–water partition coefficient (Wildman–Crippen LogP) is 4.10. The third kappa shape index (κ3) is 3.05. The SMILES string of the molecule is CC(=O)C(Br)C(C)c1cc(Cl)ccc1C. The first-order chi connectivity index (χ1) is 6.93. The van der Waals surface area contributed by atoms with Gasteiger partial charge in [-0.15, -0.1) is 0 Å². The highest BCUT2D eigenvalue weighted by molar-refractivity contribution is 9.10. The minimum absolute atomic E-state index is 0.140. The second-order valence-electron chi connectivity index (χ2n) is 3.80. The Labute approximate surface area is 104 Å². The van der Waals surface area contributed by atoms with Crippen molar-refractivity contribution in [1.82, 2.24) is 0 Å². The van der Waals surface area contributed by atoms with Crippen molar-refractivity contribution in [2.75, 3.05) is 0 Å². The summed E-state index contributed by atoms with van der Waals surface area (Å²) in [6, 6.07) is 5.77. The van der Waals surface area contributed by atoms with Gasteiger partial charge in [-0.05, 0) is 37.1 Å². The molecule has 1 aromatic carbocycles. The average Bonchev–Trinajstić information content (AvgIpc) is 2.19. The van der Waals surface area contributed by atoms with Gasteiger partial charge in [0.1, 0.15) is 5.78 Å². The Balaban J connectivity index is 3.04. The molecule has 15 heavy (non-hydrogen) atoms. The van der Waals surface area contributed by atoms with Crippen molar-refractivity contribution in [3.8, 4) is 0 Å². The zero-order chi connectivity index (χ0) is 11.6. The van der Waals surface area contributed by atoms with E-state index in [0.717, 1.165) is 11.1 Å². The van der Waals surface area contributed by atoms with E-state index in [1.54, 1.807) is 6.92 Å². The molecule has 0 spiro atoms. The molecule has 0 radical (unpaired) electrons. The average molecular weight is 290 g/mol.